The Hall–Kier alpha value is -1.94. The topological polar surface area (TPSA) is 55.7 Å². The summed E-state index contributed by atoms with van der Waals surface area (Å²) in [5, 5.41) is 0.544. The quantitative estimate of drug-likeness (QED) is 0.474. The average molecular weight is 278 g/mol. The molecule has 1 aliphatic heterocycles. The Kier molecular flexibility index (Phi) is 3.81. The monoisotopic (exact) mass is 277 g/mol. The Morgan fingerprint density at radius 2 is 2.11 bits per heavy atom. The van der Waals surface area contributed by atoms with Crippen molar-refractivity contribution in [1.29, 1.82) is 0 Å². The van der Waals surface area contributed by atoms with Crippen LogP contribution in [0.3, 0.4) is 0 Å². The number of rotatable bonds is 2. The molecule has 1 aromatic carbocycles. The van der Waals surface area contributed by atoms with Gasteiger partial charge in [0.2, 0.25) is 0 Å². The minimum absolute atomic E-state index is 0.307. The van der Waals surface area contributed by atoms with Crippen molar-refractivity contribution in [2.75, 3.05) is 0 Å². The lowest BCUT2D eigenvalue weighted by Crippen LogP contribution is -2.34. The Morgan fingerprint density at radius 3 is 2.74 bits per heavy atom. The normalized spacial score (nSPS) is 20.1. The molecule has 1 unspecified atom stereocenters. The van der Waals surface area contributed by atoms with E-state index in [0.29, 0.717) is 22.2 Å². The first kappa shape index (κ1) is 13.5. The average Bonchev–Trinajstić information content (AvgIpc) is 2.27. The summed E-state index contributed by atoms with van der Waals surface area (Å²) < 4.78 is 4.95. The van der Waals surface area contributed by atoms with Crippen molar-refractivity contribution in [3.05, 3.63) is 41.1 Å². The molecule has 1 aromatic rings. The van der Waals surface area contributed by atoms with E-state index in [9.17, 15) is 9.59 Å². The highest BCUT2D eigenvalue weighted by molar-refractivity contribution is 6.30. The molecule has 1 aliphatic rings. The van der Waals surface area contributed by atoms with Gasteiger partial charge in [0.1, 0.15) is 5.76 Å². The number of ether oxygens (including phenoxy) is 1. The minimum atomic E-state index is -0.970. The van der Waals surface area contributed by atoms with E-state index in [0.717, 1.165) is 0 Å². The number of benzene rings is 1. The van der Waals surface area contributed by atoms with Crippen LogP contribution in [0.25, 0.3) is 0 Å². The van der Waals surface area contributed by atoms with Crippen LogP contribution in [0.4, 0.5) is 5.69 Å². The van der Waals surface area contributed by atoms with Gasteiger partial charge in [0.05, 0.1) is 5.69 Å². The van der Waals surface area contributed by atoms with Gasteiger partial charge >= 0.3 is 5.97 Å². The van der Waals surface area contributed by atoms with Crippen molar-refractivity contribution < 1.29 is 14.3 Å². The molecule has 1 atom stereocenters. The highest BCUT2D eigenvalue weighted by atomic mass is 35.5. The Bertz CT molecular complexity index is 604. The lowest BCUT2D eigenvalue weighted by molar-refractivity contribution is -0.146. The van der Waals surface area contributed by atoms with E-state index in [2.05, 4.69) is 4.99 Å². The second kappa shape index (κ2) is 5.36. The third-order valence-electron chi connectivity index (χ3n) is 2.66. The summed E-state index contributed by atoms with van der Waals surface area (Å²) in [6, 6.07) is 6.88. The van der Waals surface area contributed by atoms with Gasteiger partial charge in [-0.2, -0.15) is 0 Å². The van der Waals surface area contributed by atoms with E-state index in [-0.39, 0.29) is 5.78 Å². The minimum Gasteiger partial charge on any atom is -0.430 e. The van der Waals surface area contributed by atoms with E-state index in [4.69, 9.17) is 16.3 Å². The van der Waals surface area contributed by atoms with E-state index in [1.54, 1.807) is 38.1 Å². The summed E-state index contributed by atoms with van der Waals surface area (Å²) in [4.78, 5) is 27.8. The number of allylic oxidation sites excluding steroid dienone is 2. The summed E-state index contributed by atoms with van der Waals surface area (Å²) in [5.41, 5.74) is 0.984. The van der Waals surface area contributed by atoms with Crippen LogP contribution in [0, 0.1) is 5.92 Å². The van der Waals surface area contributed by atoms with Gasteiger partial charge in [-0.3, -0.25) is 14.6 Å². The van der Waals surface area contributed by atoms with Crippen LogP contribution in [0.15, 0.2) is 41.1 Å². The van der Waals surface area contributed by atoms with Crippen molar-refractivity contribution in [2.24, 2.45) is 10.9 Å². The molecule has 5 heteroatoms. The van der Waals surface area contributed by atoms with Gasteiger partial charge in [0.15, 0.2) is 11.7 Å². The Morgan fingerprint density at radius 1 is 1.37 bits per heavy atom. The molecule has 2 rings (SSSR count). The molecule has 0 saturated heterocycles. The fraction of sp³-hybridized carbons (Fsp3) is 0.214. The smallest absolute Gasteiger partial charge is 0.327 e. The molecular formula is C14H12ClNO3. The SMILES string of the molecule is CC1=CC(=O)C(C(C)=Nc2cccc(Cl)c2)C(=O)O1. The first-order valence-corrected chi connectivity index (χ1v) is 6.10. The van der Waals surface area contributed by atoms with Gasteiger partial charge < -0.3 is 4.74 Å². The molecule has 0 amide bonds. The maximum absolute atomic E-state index is 11.8. The third-order valence-corrected chi connectivity index (χ3v) is 2.89. The van der Waals surface area contributed by atoms with Gasteiger partial charge in [-0.05, 0) is 32.0 Å². The number of esters is 1. The molecule has 0 aromatic heterocycles. The first-order valence-electron chi connectivity index (χ1n) is 5.72. The molecule has 0 spiro atoms. The zero-order valence-corrected chi connectivity index (χ0v) is 11.3. The molecule has 0 aliphatic carbocycles. The summed E-state index contributed by atoms with van der Waals surface area (Å²) >= 11 is 5.85. The fourth-order valence-corrected chi connectivity index (χ4v) is 2.02. The third kappa shape index (κ3) is 3.09. The van der Waals surface area contributed by atoms with E-state index >= 15 is 0 Å². The number of ketones is 1. The summed E-state index contributed by atoms with van der Waals surface area (Å²) in [5.74, 6) is -1.56. The van der Waals surface area contributed by atoms with E-state index < -0.39 is 11.9 Å². The zero-order valence-electron chi connectivity index (χ0n) is 10.5. The molecule has 4 nitrogen and oxygen atoms in total. The molecule has 0 saturated carbocycles. The lowest BCUT2D eigenvalue weighted by Gasteiger charge is -2.18. The van der Waals surface area contributed by atoms with Crippen LogP contribution in [0.5, 0.6) is 0 Å². The van der Waals surface area contributed by atoms with Crippen molar-refractivity contribution in [3.63, 3.8) is 0 Å². The predicted molar refractivity (Wildman–Crippen MR) is 72.6 cm³/mol. The van der Waals surface area contributed by atoms with Gasteiger partial charge in [-0.25, -0.2) is 0 Å². The van der Waals surface area contributed by atoms with Crippen molar-refractivity contribution in [2.45, 2.75) is 13.8 Å². The van der Waals surface area contributed by atoms with Gasteiger partial charge in [-0.15, -0.1) is 0 Å². The summed E-state index contributed by atoms with van der Waals surface area (Å²) in [6.45, 7) is 3.19. The van der Waals surface area contributed by atoms with Crippen LogP contribution < -0.4 is 0 Å². The Labute approximate surface area is 115 Å². The second-order valence-electron chi connectivity index (χ2n) is 4.24. The molecule has 0 radical (unpaired) electrons. The number of cyclic esters (lactones) is 1. The number of hydrogen-bond donors (Lipinski definition) is 0. The summed E-state index contributed by atoms with van der Waals surface area (Å²) in [6.07, 6.45) is 1.31. The maximum atomic E-state index is 11.8. The van der Waals surface area contributed by atoms with Gasteiger partial charge in [0, 0.05) is 16.8 Å². The Balaban J connectivity index is 2.31. The number of carbonyl (C=O) groups is 2. The van der Waals surface area contributed by atoms with E-state index in [1.807, 2.05) is 0 Å². The number of carbonyl (C=O) groups excluding carboxylic acids is 2. The molecular weight excluding hydrogens is 266 g/mol. The number of aliphatic imine (C=N–C) groups is 1. The highest BCUT2D eigenvalue weighted by Crippen LogP contribution is 2.22. The maximum Gasteiger partial charge on any atom is 0.327 e. The van der Waals surface area contributed by atoms with E-state index in [1.165, 1.54) is 6.08 Å². The summed E-state index contributed by atoms with van der Waals surface area (Å²) in [7, 11) is 0. The van der Waals surface area contributed by atoms with Crippen LogP contribution in [0.1, 0.15) is 13.8 Å². The lowest BCUT2D eigenvalue weighted by atomic mass is 9.96. The first-order chi connectivity index (χ1) is 8.97. The molecule has 19 heavy (non-hydrogen) atoms. The van der Waals surface area contributed by atoms with Crippen molar-refractivity contribution in [3.8, 4) is 0 Å². The largest absolute Gasteiger partial charge is 0.430 e. The molecule has 0 fully saturated rings. The van der Waals surface area contributed by atoms with Gasteiger partial charge in [0.25, 0.3) is 0 Å². The van der Waals surface area contributed by atoms with Crippen molar-refractivity contribution >= 4 is 34.8 Å². The van der Waals surface area contributed by atoms with Crippen LogP contribution >= 0.6 is 11.6 Å². The standard InChI is InChI=1S/C14H12ClNO3/c1-8-6-12(17)13(14(18)19-8)9(2)16-11-5-3-4-10(15)7-11/h3-7,13H,1-2H3. The molecule has 98 valence electrons. The molecule has 1 heterocycles. The number of halogens is 1. The number of nitrogens with zero attached hydrogens (tertiary/aromatic N) is 1. The number of hydrogen-bond acceptors (Lipinski definition) is 4. The van der Waals surface area contributed by atoms with Crippen molar-refractivity contribution in [1.82, 2.24) is 0 Å². The van der Waals surface area contributed by atoms with Crippen LogP contribution in [0.2, 0.25) is 5.02 Å². The fourth-order valence-electron chi connectivity index (χ4n) is 1.84. The zero-order chi connectivity index (χ0) is 14.0. The molecule has 0 N–H and O–H groups in total. The van der Waals surface area contributed by atoms with Gasteiger partial charge in [-0.1, -0.05) is 17.7 Å². The second-order valence-corrected chi connectivity index (χ2v) is 4.68. The highest BCUT2D eigenvalue weighted by Gasteiger charge is 2.33. The molecule has 0 bridgehead atoms. The van der Waals surface area contributed by atoms with Crippen LogP contribution in [-0.2, 0) is 14.3 Å². The predicted octanol–water partition coefficient (Wildman–Crippen LogP) is 3.08. The van der Waals surface area contributed by atoms with Crippen LogP contribution in [-0.4, -0.2) is 17.5 Å².